The Hall–Kier alpha value is 4.15. The van der Waals surface area contributed by atoms with Gasteiger partial charge in [-0.05, 0) is 0 Å². The minimum atomic E-state index is -3.53. The maximum Gasteiger partial charge on any atom is 1.00 e. The molecule has 0 aliphatic heterocycles. The van der Waals surface area contributed by atoms with Crippen LogP contribution < -0.4 is 113 Å². The Morgan fingerprint density at radius 1 is 1.45 bits per heavy atom. The molecule has 0 aliphatic rings. The first-order valence-corrected chi connectivity index (χ1v) is 6.44. The monoisotopic (exact) mass is 264 g/mol. The summed E-state index contributed by atoms with van der Waals surface area (Å²) in [6, 6.07) is 0. The van der Waals surface area contributed by atoms with Gasteiger partial charge < -0.3 is 14.5 Å². The van der Waals surface area contributed by atoms with E-state index >= 15 is 0 Å². The van der Waals surface area contributed by atoms with Crippen LogP contribution in [0.5, 0.6) is 0 Å². The van der Waals surface area contributed by atoms with Gasteiger partial charge in [-0.1, -0.05) is 0 Å². The molecule has 0 radical (unpaired) electrons. The first kappa shape index (κ1) is 20.6. The van der Waals surface area contributed by atoms with Gasteiger partial charge in [0.2, 0.25) is 0 Å². The molecule has 0 aromatic rings. The van der Waals surface area contributed by atoms with E-state index in [9.17, 15) is 9.79 Å². The van der Waals surface area contributed by atoms with Crippen molar-refractivity contribution >= 4 is 28.9 Å². The van der Waals surface area contributed by atoms with Gasteiger partial charge in [-0.3, -0.25) is 0 Å². The average molecular weight is 264 g/mol. The summed E-state index contributed by atoms with van der Waals surface area (Å²) in [4.78, 5) is 20.5. The quantitative estimate of drug-likeness (QED) is 0.287. The second-order valence-corrected chi connectivity index (χ2v) is 7.19. The van der Waals surface area contributed by atoms with Crippen LogP contribution in [0.1, 0.15) is 0 Å². The molecule has 0 aromatic carbocycles. The predicted octanol–water partition coefficient (Wildman–Crippen LogP) is -6.68. The van der Waals surface area contributed by atoms with Crippen LogP contribution in [0.15, 0.2) is 0 Å². The molecule has 0 aliphatic carbocycles. The van der Waals surface area contributed by atoms with Crippen LogP contribution in [0.25, 0.3) is 0 Å². The molecule has 3 nitrogen and oxygen atoms in total. The molecule has 0 rings (SSSR count). The van der Waals surface area contributed by atoms with E-state index in [-0.39, 0.29) is 103 Å². The smallest absolute Gasteiger partial charge is 0.825 e. The van der Waals surface area contributed by atoms with Gasteiger partial charge >= 0.3 is 103 Å². The molecule has 0 amide bonds. The molecule has 56 valence electrons. The van der Waals surface area contributed by atoms with Crippen molar-refractivity contribution in [3.05, 3.63) is 0 Å². The largest absolute Gasteiger partial charge is 1.00 e. The van der Waals surface area contributed by atoms with Crippen LogP contribution in [-0.2, 0) is 16.5 Å². The number of hydrogen-bond donors (Lipinski definition) is 0. The van der Waals surface area contributed by atoms with E-state index in [1.165, 1.54) is 7.11 Å². The molecule has 0 unspecified atom stereocenters. The molecular formula is C3H7K2O3PS2. The normalized spacial score (nSPS) is 9.73. The molecular weight excluding hydrogens is 257 g/mol. The van der Waals surface area contributed by atoms with E-state index < -0.39 is 5.69 Å². The van der Waals surface area contributed by atoms with Crippen LogP contribution in [0.4, 0.5) is 0 Å². The number of methoxy groups -OCH3 is 1. The van der Waals surface area contributed by atoms with E-state index in [1.807, 2.05) is 0 Å². The Labute approximate surface area is 161 Å². The number of rotatable bonds is 4. The Kier molecular flexibility index (Phi) is 22.8. The zero-order chi connectivity index (χ0) is 7.33. The number of hydrogen-bond acceptors (Lipinski definition) is 5. The van der Waals surface area contributed by atoms with Gasteiger partial charge in [0.1, 0.15) is 0 Å². The van der Waals surface area contributed by atoms with Crippen LogP contribution in [0.2, 0.25) is 0 Å². The van der Waals surface area contributed by atoms with E-state index in [0.29, 0.717) is 12.4 Å². The second-order valence-electron chi connectivity index (χ2n) is 1.27. The van der Waals surface area contributed by atoms with Crippen molar-refractivity contribution in [1.82, 2.24) is 0 Å². The molecule has 0 heterocycles. The molecule has 0 N–H and O–H groups in total. The summed E-state index contributed by atoms with van der Waals surface area (Å²) in [5, 5.41) is 0. The Morgan fingerprint density at radius 2 is 1.91 bits per heavy atom. The molecule has 8 heteroatoms. The van der Waals surface area contributed by atoms with E-state index in [0.717, 1.165) is 11.4 Å². The van der Waals surface area contributed by atoms with Gasteiger partial charge in [0, 0.05) is 12.9 Å². The molecule has 11 heavy (non-hydrogen) atoms. The van der Waals surface area contributed by atoms with Gasteiger partial charge in [0.15, 0.2) is 0 Å². The average Bonchev–Trinajstić information content (AvgIpc) is 1.63. The van der Waals surface area contributed by atoms with Crippen molar-refractivity contribution < 1.29 is 117 Å². The van der Waals surface area contributed by atoms with E-state index in [1.54, 1.807) is 0 Å². The summed E-state index contributed by atoms with van der Waals surface area (Å²) in [7, 11) is 1.51. The van der Waals surface area contributed by atoms with Crippen LogP contribution in [0.3, 0.4) is 0 Å². The summed E-state index contributed by atoms with van der Waals surface area (Å²) in [5.74, 6) is 0.417. The molecule has 0 saturated heterocycles. The van der Waals surface area contributed by atoms with Gasteiger partial charge in [0.25, 0.3) is 0 Å². The van der Waals surface area contributed by atoms with Crippen molar-refractivity contribution in [2.75, 3.05) is 19.5 Å². The van der Waals surface area contributed by atoms with Crippen LogP contribution in [0, 0.1) is 0 Å². The van der Waals surface area contributed by atoms with Gasteiger partial charge in [-0.15, -0.1) is 11.8 Å². The molecule has 0 aromatic heterocycles. The molecule has 0 spiro atoms. The fourth-order valence-corrected chi connectivity index (χ4v) is 2.26. The van der Waals surface area contributed by atoms with E-state index in [4.69, 9.17) is 0 Å². The minimum absolute atomic E-state index is 0. The van der Waals surface area contributed by atoms with Crippen molar-refractivity contribution in [3.8, 4) is 0 Å². The summed E-state index contributed by atoms with van der Waals surface area (Å²) >= 11 is 4.85. The Morgan fingerprint density at radius 3 is 2.18 bits per heavy atom. The summed E-state index contributed by atoms with van der Waals surface area (Å²) < 4.78 is 4.61. The SMILES string of the molecule is COCCSP([O-])([O-])=S.[K+].[K+]. The third-order valence-electron chi connectivity index (χ3n) is 0.537. The van der Waals surface area contributed by atoms with Crippen molar-refractivity contribution in [1.29, 1.82) is 0 Å². The molecule has 0 bridgehead atoms. The van der Waals surface area contributed by atoms with Crippen molar-refractivity contribution in [2.45, 2.75) is 0 Å². The Balaban J connectivity index is -0.000000320. The van der Waals surface area contributed by atoms with Gasteiger partial charge in [-0.25, -0.2) is 0 Å². The zero-order valence-electron chi connectivity index (χ0n) is 6.90. The zero-order valence-corrected chi connectivity index (χ0v) is 15.7. The third kappa shape index (κ3) is 20.3. The van der Waals surface area contributed by atoms with E-state index in [2.05, 4.69) is 16.5 Å². The minimum Gasteiger partial charge on any atom is -0.825 e. The van der Waals surface area contributed by atoms with Gasteiger partial charge in [-0.2, -0.15) is 17.1 Å². The Bertz CT molecular complexity index is 119. The number of ether oxygens (including phenoxy) is 1. The third-order valence-corrected chi connectivity index (χ3v) is 3.65. The van der Waals surface area contributed by atoms with Crippen molar-refractivity contribution in [3.63, 3.8) is 0 Å². The summed E-state index contributed by atoms with van der Waals surface area (Å²) in [6.07, 6.45) is 0. The van der Waals surface area contributed by atoms with Crippen LogP contribution >= 0.6 is 17.1 Å². The standard InChI is InChI=1S/C3H9O3PS2.2K/c1-6-2-3-9-7(4,5)8;;/h2-3H2,1H3,(H2,4,5,8);;/q;2*+1/p-2. The first-order chi connectivity index (χ1) is 4.06. The predicted molar refractivity (Wildman–Crippen MR) is 38.6 cm³/mol. The fourth-order valence-electron chi connectivity index (χ4n) is 0.232. The maximum absolute atomic E-state index is 10.3. The second kappa shape index (κ2) is 12.2. The molecule has 0 fully saturated rings. The van der Waals surface area contributed by atoms with Crippen molar-refractivity contribution in [2.24, 2.45) is 0 Å². The van der Waals surface area contributed by atoms with Crippen LogP contribution in [-0.4, -0.2) is 19.5 Å². The summed E-state index contributed by atoms with van der Waals surface area (Å²) in [6.45, 7) is 0.424. The molecule has 0 atom stereocenters. The van der Waals surface area contributed by atoms with Gasteiger partial charge in [0.05, 0.1) is 6.61 Å². The maximum atomic E-state index is 10.3. The first-order valence-electron chi connectivity index (χ1n) is 2.22. The summed E-state index contributed by atoms with van der Waals surface area (Å²) in [5.41, 5.74) is -3.53. The fraction of sp³-hybridized carbons (Fsp3) is 1.00. The topological polar surface area (TPSA) is 55.3 Å². The molecule has 0 saturated carbocycles.